The van der Waals surface area contributed by atoms with E-state index >= 15 is 0 Å². The molecule has 0 fully saturated rings. The van der Waals surface area contributed by atoms with E-state index in [0.29, 0.717) is 41.3 Å². The van der Waals surface area contributed by atoms with E-state index in [0.717, 1.165) is 0 Å². The fourth-order valence-corrected chi connectivity index (χ4v) is 3.61. The smallest absolute Gasteiger partial charge is 0.243 e. The maximum atomic E-state index is 12.5. The minimum absolute atomic E-state index is 0.312. The maximum absolute atomic E-state index is 12.5. The molecular weight excluding hydrogens is 264 g/mol. The normalized spacial score (nSPS) is 12.1. The number of nitrogen functional groups attached to an aromatic ring is 1. The number of aryl methyl sites for hydroxylation is 1. The van der Waals surface area contributed by atoms with Gasteiger partial charge in [-0.1, -0.05) is 6.07 Å². The third-order valence-corrected chi connectivity index (χ3v) is 5.28. The van der Waals surface area contributed by atoms with Crippen LogP contribution in [0, 0.1) is 13.8 Å². The predicted molar refractivity (Wildman–Crippen MR) is 76.6 cm³/mol. The van der Waals surface area contributed by atoms with Gasteiger partial charge in [-0.15, -0.1) is 0 Å². The summed E-state index contributed by atoms with van der Waals surface area (Å²) in [5.74, 6) is 0. The Morgan fingerprint density at radius 3 is 2.53 bits per heavy atom. The molecule has 0 aliphatic heterocycles. The molecule has 2 N–H and O–H groups in total. The maximum Gasteiger partial charge on any atom is 0.243 e. The third-order valence-electron chi connectivity index (χ3n) is 3.13. The van der Waals surface area contributed by atoms with Crippen LogP contribution in [-0.2, 0) is 14.8 Å². The first kappa shape index (κ1) is 15.9. The van der Waals surface area contributed by atoms with Gasteiger partial charge >= 0.3 is 0 Å². The van der Waals surface area contributed by atoms with Crippen molar-refractivity contribution in [2.75, 3.05) is 33.0 Å². The van der Waals surface area contributed by atoms with Crippen molar-refractivity contribution in [2.24, 2.45) is 0 Å². The van der Waals surface area contributed by atoms with Gasteiger partial charge in [-0.2, -0.15) is 0 Å². The van der Waals surface area contributed by atoms with Crippen molar-refractivity contribution in [3.8, 4) is 0 Å². The van der Waals surface area contributed by atoms with Crippen molar-refractivity contribution in [3.63, 3.8) is 0 Å². The molecule has 0 aliphatic rings. The minimum Gasteiger partial charge on any atom is -0.398 e. The average molecular weight is 286 g/mol. The molecule has 1 rings (SSSR count). The number of nitrogens with zero attached hydrogens (tertiary/aromatic N) is 1. The average Bonchev–Trinajstić information content (AvgIpc) is 2.34. The molecule has 0 saturated heterocycles. The summed E-state index contributed by atoms with van der Waals surface area (Å²) in [5.41, 5.74) is 7.62. The number of methoxy groups -OCH3 is 1. The minimum atomic E-state index is -3.51. The van der Waals surface area contributed by atoms with Crippen molar-refractivity contribution >= 4 is 15.7 Å². The van der Waals surface area contributed by atoms with E-state index < -0.39 is 10.0 Å². The van der Waals surface area contributed by atoms with Crippen molar-refractivity contribution in [1.29, 1.82) is 0 Å². The third kappa shape index (κ3) is 3.46. The lowest BCUT2D eigenvalue weighted by atomic mass is 10.1. The van der Waals surface area contributed by atoms with Gasteiger partial charge in [-0.25, -0.2) is 12.7 Å². The highest BCUT2D eigenvalue weighted by Crippen LogP contribution is 2.27. The summed E-state index contributed by atoms with van der Waals surface area (Å²) >= 11 is 0. The Kier molecular flexibility index (Phi) is 5.34. The van der Waals surface area contributed by atoms with Gasteiger partial charge in [-0.05, 0) is 37.5 Å². The SMILES string of the molecule is COCCCN(C)S(=O)(=O)c1c(C)ccc(N)c1C. The second kappa shape index (κ2) is 6.36. The molecule has 1 aromatic carbocycles. The highest BCUT2D eigenvalue weighted by molar-refractivity contribution is 7.89. The summed E-state index contributed by atoms with van der Waals surface area (Å²) in [4.78, 5) is 0.312. The van der Waals surface area contributed by atoms with E-state index in [9.17, 15) is 8.42 Å². The number of sulfonamides is 1. The highest BCUT2D eigenvalue weighted by atomic mass is 32.2. The Bertz CT molecular complexity index is 541. The van der Waals surface area contributed by atoms with Gasteiger partial charge in [0.05, 0.1) is 4.90 Å². The van der Waals surface area contributed by atoms with Gasteiger partial charge < -0.3 is 10.5 Å². The first-order valence-corrected chi connectivity index (χ1v) is 7.57. The van der Waals surface area contributed by atoms with Gasteiger partial charge in [0.25, 0.3) is 0 Å². The van der Waals surface area contributed by atoms with Gasteiger partial charge in [0.1, 0.15) is 0 Å². The van der Waals surface area contributed by atoms with E-state index in [2.05, 4.69) is 0 Å². The van der Waals surface area contributed by atoms with Crippen LogP contribution in [0.2, 0.25) is 0 Å². The van der Waals surface area contributed by atoms with Crippen molar-refractivity contribution in [2.45, 2.75) is 25.2 Å². The summed E-state index contributed by atoms with van der Waals surface area (Å²) < 4.78 is 31.4. The largest absolute Gasteiger partial charge is 0.398 e. The molecule has 0 unspecified atom stereocenters. The van der Waals surface area contributed by atoms with Gasteiger partial charge in [0.2, 0.25) is 10.0 Å². The molecule has 19 heavy (non-hydrogen) atoms. The van der Waals surface area contributed by atoms with Gasteiger partial charge in [0, 0.05) is 33.0 Å². The van der Waals surface area contributed by atoms with Crippen molar-refractivity contribution < 1.29 is 13.2 Å². The predicted octanol–water partition coefficient (Wildman–Crippen LogP) is 1.54. The molecule has 0 amide bonds. The van der Waals surface area contributed by atoms with Crippen LogP contribution in [0.5, 0.6) is 0 Å². The fourth-order valence-electron chi connectivity index (χ4n) is 1.95. The summed E-state index contributed by atoms with van der Waals surface area (Å²) in [6.07, 6.45) is 0.659. The van der Waals surface area contributed by atoms with Crippen LogP contribution in [-0.4, -0.2) is 40.0 Å². The summed E-state index contributed by atoms with van der Waals surface area (Å²) in [6.45, 7) is 4.47. The second-order valence-electron chi connectivity index (χ2n) is 4.60. The van der Waals surface area contributed by atoms with Crippen LogP contribution in [0.15, 0.2) is 17.0 Å². The zero-order valence-corrected chi connectivity index (χ0v) is 12.8. The molecule has 0 radical (unpaired) electrons. The van der Waals surface area contributed by atoms with E-state index in [1.54, 1.807) is 40.1 Å². The Morgan fingerprint density at radius 1 is 1.32 bits per heavy atom. The molecule has 0 aromatic heterocycles. The lowest BCUT2D eigenvalue weighted by Gasteiger charge is -2.20. The molecule has 108 valence electrons. The quantitative estimate of drug-likeness (QED) is 0.636. The number of anilines is 1. The van der Waals surface area contributed by atoms with E-state index in [1.165, 1.54) is 4.31 Å². The van der Waals surface area contributed by atoms with Gasteiger partial charge in [-0.3, -0.25) is 0 Å². The van der Waals surface area contributed by atoms with Crippen LogP contribution in [0.3, 0.4) is 0 Å². The molecule has 6 heteroatoms. The Hall–Kier alpha value is -1.11. The number of hydrogen-bond donors (Lipinski definition) is 1. The van der Waals surface area contributed by atoms with E-state index in [-0.39, 0.29) is 0 Å². The van der Waals surface area contributed by atoms with Crippen LogP contribution in [0.4, 0.5) is 5.69 Å². The Morgan fingerprint density at radius 2 is 1.95 bits per heavy atom. The van der Waals surface area contributed by atoms with Gasteiger partial charge in [0.15, 0.2) is 0 Å². The molecular formula is C13H22N2O3S. The van der Waals surface area contributed by atoms with Crippen LogP contribution in [0.1, 0.15) is 17.5 Å². The lowest BCUT2D eigenvalue weighted by Crippen LogP contribution is -2.30. The fraction of sp³-hybridized carbons (Fsp3) is 0.538. The summed E-state index contributed by atoms with van der Waals surface area (Å²) in [5, 5.41) is 0. The lowest BCUT2D eigenvalue weighted by molar-refractivity contribution is 0.189. The molecule has 0 bridgehead atoms. The first-order valence-electron chi connectivity index (χ1n) is 6.13. The second-order valence-corrected chi connectivity index (χ2v) is 6.58. The number of benzene rings is 1. The van der Waals surface area contributed by atoms with Crippen LogP contribution < -0.4 is 5.73 Å². The van der Waals surface area contributed by atoms with Crippen LogP contribution >= 0.6 is 0 Å². The molecule has 0 atom stereocenters. The highest BCUT2D eigenvalue weighted by Gasteiger charge is 2.25. The Labute approximate surface area is 115 Å². The van der Waals surface area contributed by atoms with E-state index in [1.807, 2.05) is 0 Å². The molecule has 0 aliphatic carbocycles. The van der Waals surface area contributed by atoms with Crippen molar-refractivity contribution in [3.05, 3.63) is 23.3 Å². The zero-order valence-electron chi connectivity index (χ0n) is 11.9. The van der Waals surface area contributed by atoms with E-state index in [4.69, 9.17) is 10.5 Å². The molecule has 0 saturated carbocycles. The molecule has 1 aromatic rings. The monoisotopic (exact) mass is 286 g/mol. The number of nitrogens with two attached hydrogens (primary N) is 1. The van der Waals surface area contributed by atoms with Crippen molar-refractivity contribution in [1.82, 2.24) is 4.31 Å². The molecule has 5 nitrogen and oxygen atoms in total. The number of hydrogen-bond acceptors (Lipinski definition) is 4. The molecule has 0 heterocycles. The first-order chi connectivity index (χ1) is 8.82. The Balaban J connectivity index is 3.10. The summed E-state index contributed by atoms with van der Waals surface area (Å²) in [6, 6.07) is 3.47. The van der Waals surface area contributed by atoms with Crippen LogP contribution in [0.25, 0.3) is 0 Å². The number of rotatable bonds is 6. The number of ether oxygens (including phenoxy) is 1. The summed E-state index contributed by atoms with van der Waals surface area (Å²) in [7, 11) is -0.331. The standard InChI is InChI=1S/C13H22N2O3S/c1-10-6-7-12(14)11(2)13(10)19(16,17)15(3)8-5-9-18-4/h6-7H,5,8-9,14H2,1-4H3. The molecule has 0 spiro atoms. The zero-order chi connectivity index (χ0) is 14.6. The topological polar surface area (TPSA) is 72.6 Å².